The van der Waals surface area contributed by atoms with Crippen LogP contribution in [0.5, 0.6) is 11.5 Å². The molecule has 21 heavy (non-hydrogen) atoms. The Kier molecular flexibility index (Phi) is 4.72. The molecule has 2 rings (SSSR count). The number of Topliss-reactive ketones (excluding diaryl/α,β-unsaturated/α-hetero) is 2. The van der Waals surface area contributed by atoms with Crippen LogP contribution in [0.15, 0.2) is 48.5 Å². The van der Waals surface area contributed by atoms with Gasteiger partial charge in [0.1, 0.15) is 11.5 Å². The number of benzene rings is 2. The summed E-state index contributed by atoms with van der Waals surface area (Å²) in [7, 11) is 0. The fraction of sp³-hybridized carbons (Fsp3) is 0.176. The molecule has 0 saturated carbocycles. The lowest BCUT2D eigenvalue weighted by molar-refractivity contribution is 0.0956. The van der Waals surface area contributed by atoms with E-state index in [4.69, 9.17) is 0 Å². The predicted octanol–water partition coefficient (Wildman–Crippen LogP) is 3.33. The first-order valence-corrected chi connectivity index (χ1v) is 6.71. The number of phenols is 2. The van der Waals surface area contributed by atoms with E-state index in [0.29, 0.717) is 17.5 Å². The molecule has 0 bridgehead atoms. The summed E-state index contributed by atoms with van der Waals surface area (Å²) in [6, 6.07) is 12.3. The Morgan fingerprint density at radius 1 is 0.762 bits per heavy atom. The van der Waals surface area contributed by atoms with Gasteiger partial charge in [-0.25, -0.2) is 0 Å². The van der Waals surface area contributed by atoms with Gasteiger partial charge in [0.25, 0.3) is 0 Å². The molecule has 0 spiro atoms. The van der Waals surface area contributed by atoms with Crippen LogP contribution in [0.3, 0.4) is 0 Å². The molecule has 0 aliphatic rings. The molecule has 4 nitrogen and oxygen atoms in total. The third kappa shape index (κ3) is 4.18. The Bertz CT molecular complexity index is 604. The van der Waals surface area contributed by atoms with Crippen molar-refractivity contribution in [2.45, 2.75) is 19.3 Å². The first-order chi connectivity index (χ1) is 10.1. The molecular weight excluding hydrogens is 268 g/mol. The molecule has 0 saturated heterocycles. The minimum absolute atomic E-state index is 0.0525. The molecule has 108 valence electrons. The van der Waals surface area contributed by atoms with Crippen molar-refractivity contribution in [2.75, 3.05) is 0 Å². The molecule has 0 aliphatic heterocycles. The van der Waals surface area contributed by atoms with Crippen LogP contribution in [0.2, 0.25) is 0 Å². The highest BCUT2D eigenvalue weighted by Gasteiger charge is 2.10. The predicted molar refractivity (Wildman–Crippen MR) is 78.7 cm³/mol. The SMILES string of the molecule is O=C(CCCC(=O)c1cccc(O)c1)c1cccc(O)c1. The van der Waals surface area contributed by atoms with E-state index in [2.05, 4.69) is 0 Å². The van der Waals surface area contributed by atoms with Gasteiger partial charge >= 0.3 is 0 Å². The van der Waals surface area contributed by atoms with Gasteiger partial charge in [0.15, 0.2) is 11.6 Å². The van der Waals surface area contributed by atoms with E-state index >= 15 is 0 Å². The van der Waals surface area contributed by atoms with E-state index in [9.17, 15) is 19.8 Å². The van der Waals surface area contributed by atoms with Gasteiger partial charge in [-0.1, -0.05) is 24.3 Å². The van der Waals surface area contributed by atoms with E-state index in [1.54, 1.807) is 24.3 Å². The molecule has 4 heteroatoms. The van der Waals surface area contributed by atoms with Crippen molar-refractivity contribution in [3.63, 3.8) is 0 Å². The smallest absolute Gasteiger partial charge is 0.163 e. The van der Waals surface area contributed by atoms with Crippen LogP contribution in [-0.2, 0) is 0 Å². The van der Waals surface area contributed by atoms with Gasteiger partial charge in [-0.3, -0.25) is 9.59 Å². The van der Waals surface area contributed by atoms with Gasteiger partial charge in [0, 0.05) is 24.0 Å². The molecule has 0 atom stereocenters. The number of hydrogen-bond acceptors (Lipinski definition) is 4. The third-order valence-electron chi connectivity index (χ3n) is 3.14. The van der Waals surface area contributed by atoms with E-state index in [1.165, 1.54) is 24.3 Å². The van der Waals surface area contributed by atoms with Crippen LogP contribution < -0.4 is 0 Å². The van der Waals surface area contributed by atoms with Crippen molar-refractivity contribution in [1.82, 2.24) is 0 Å². The Morgan fingerprint density at radius 3 is 1.57 bits per heavy atom. The van der Waals surface area contributed by atoms with Gasteiger partial charge in [0.2, 0.25) is 0 Å². The molecule has 0 aromatic heterocycles. The number of carbonyl (C=O) groups excluding carboxylic acids is 2. The second-order valence-electron chi connectivity index (χ2n) is 4.80. The summed E-state index contributed by atoms with van der Waals surface area (Å²) in [5.41, 5.74) is 0.889. The van der Waals surface area contributed by atoms with Crippen LogP contribution in [0.4, 0.5) is 0 Å². The second-order valence-corrected chi connectivity index (χ2v) is 4.80. The van der Waals surface area contributed by atoms with Gasteiger partial charge in [0.05, 0.1) is 0 Å². The molecule has 0 fully saturated rings. The van der Waals surface area contributed by atoms with Crippen LogP contribution >= 0.6 is 0 Å². The fourth-order valence-electron chi connectivity index (χ4n) is 2.06. The zero-order valence-corrected chi connectivity index (χ0v) is 11.5. The average Bonchev–Trinajstić information content (AvgIpc) is 2.47. The topological polar surface area (TPSA) is 74.6 Å². The average molecular weight is 284 g/mol. The van der Waals surface area contributed by atoms with Crippen molar-refractivity contribution in [3.8, 4) is 11.5 Å². The van der Waals surface area contributed by atoms with Crippen molar-refractivity contribution in [3.05, 3.63) is 59.7 Å². The first-order valence-electron chi connectivity index (χ1n) is 6.71. The first kappa shape index (κ1) is 14.8. The summed E-state index contributed by atoms with van der Waals surface area (Å²) in [6.07, 6.45) is 0.922. The maximum atomic E-state index is 11.9. The molecule has 0 unspecified atom stereocenters. The maximum Gasteiger partial charge on any atom is 0.163 e. The highest BCUT2D eigenvalue weighted by molar-refractivity contribution is 5.98. The van der Waals surface area contributed by atoms with Gasteiger partial charge in [-0.2, -0.15) is 0 Å². The summed E-state index contributed by atoms with van der Waals surface area (Å²) in [5, 5.41) is 18.6. The van der Waals surface area contributed by atoms with Crippen molar-refractivity contribution in [1.29, 1.82) is 0 Å². The Labute approximate surface area is 122 Å². The quantitative estimate of drug-likeness (QED) is 0.798. The number of aromatic hydroxyl groups is 2. The molecule has 2 aromatic rings. The summed E-state index contributed by atoms with van der Waals surface area (Å²) in [5.74, 6) is -0.0995. The van der Waals surface area contributed by atoms with Gasteiger partial charge in [-0.05, 0) is 30.7 Å². The largest absolute Gasteiger partial charge is 0.508 e. The minimum Gasteiger partial charge on any atom is -0.508 e. The highest BCUT2D eigenvalue weighted by atomic mass is 16.3. The Balaban J connectivity index is 1.87. The minimum atomic E-state index is -0.102. The van der Waals surface area contributed by atoms with Crippen molar-refractivity contribution in [2.24, 2.45) is 0 Å². The second kappa shape index (κ2) is 6.70. The monoisotopic (exact) mass is 284 g/mol. The number of ketones is 2. The van der Waals surface area contributed by atoms with Crippen LogP contribution in [0, 0.1) is 0 Å². The normalized spacial score (nSPS) is 10.3. The molecule has 2 N–H and O–H groups in total. The van der Waals surface area contributed by atoms with Gasteiger partial charge in [-0.15, -0.1) is 0 Å². The summed E-state index contributed by atoms with van der Waals surface area (Å²) in [4.78, 5) is 23.8. The summed E-state index contributed by atoms with van der Waals surface area (Å²) in [6.45, 7) is 0. The molecule has 0 aliphatic carbocycles. The van der Waals surface area contributed by atoms with Crippen molar-refractivity contribution < 1.29 is 19.8 Å². The van der Waals surface area contributed by atoms with Crippen LogP contribution in [0.25, 0.3) is 0 Å². The molecule has 2 aromatic carbocycles. The Morgan fingerprint density at radius 2 is 1.19 bits per heavy atom. The number of carbonyl (C=O) groups is 2. The Hall–Kier alpha value is -2.62. The molecular formula is C17H16O4. The lowest BCUT2D eigenvalue weighted by Gasteiger charge is -2.03. The molecule has 0 amide bonds. The number of phenolic OH excluding ortho intramolecular Hbond substituents is 2. The van der Waals surface area contributed by atoms with E-state index in [0.717, 1.165) is 0 Å². The molecule has 0 radical (unpaired) electrons. The lowest BCUT2D eigenvalue weighted by Crippen LogP contribution is -2.03. The molecule has 0 heterocycles. The van der Waals surface area contributed by atoms with E-state index in [1.807, 2.05) is 0 Å². The maximum absolute atomic E-state index is 11.9. The lowest BCUT2D eigenvalue weighted by atomic mass is 10.0. The number of hydrogen-bond donors (Lipinski definition) is 2. The van der Waals surface area contributed by atoms with E-state index in [-0.39, 0.29) is 35.9 Å². The van der Waals surface area contributed by atoms with Crippen LogP contribution in [0.1, 0.15) is 40.0 Å². The number of rotatable bonds is 6. The zero-order valence-electron chi connectivity index (χ0n) is 11.5. The fourth-order valence-corrected chi connectivity index (χ4v) is 2.06. The summed E-state index contributed by atoms with van der Waals surface area (Å²) < 4.78 is 0. The van der Waals surface area contributed by atoms with E-state index < -0.39 is 0 Å². The zero-order chi connectivity index (χ0) is 15.2. The standard InChI is InChI=1S/C17H16O4/c18-14-6-1-4-12(10-14)16(20)8-3-9-17(21)13-5-2-7-15(19)11-13/h1-2,4-7,10-11,18-19H,3,8-9H2. The van der Waals surface area contributed by atoms with Crippen LogP contribution in [-0.4, -0.2) is 21.8 Å². The van der Waals surface area contributed by atoms with Crippen molar-refractivity contribution >= 4 is 11.6 Å². The summed E-state index contributed by atoms with van der Waals surface area (Å²) >= 11 is 0. The van der Waals surface area contributed by atoms with Gasteiger partial charge < -0.3 is 10.2 Å². The highest BCUT2D eigenvalue weighted by Crippen LogP contribution is 2.16. The third-order valence-corrected chi connectivity index (χ3v) is 3.14.